The summed E-state index contributed by atoms with van der Waals surface area (Å²) in [7, 11) is 0. The minimum absolute atomic E-state index is 0.0209. The molecule has 0 bridgehead atoms. The average Bonchev–Trinajstić information content (AvgIpc) is 3.06. The number of hydrogen-bond donors (Lipinski definition) is 1. The third-order valence-electron chi connectivity index (χ3n) is 3.70. The van der Waals surface area contributed by atoms with Crippen LogP contribution in [0.1, 0.15) is 11.5 Å². The third-order valence-corrected chi connectivity index (χ3v) is 3.70. The van der Waals surface area contributed by atoms with Crippen molar-refractivity contribution in [1.29, 1.82) is 0 Å². The second-order valence-corrected chi connectivity index (χ2v) is 5.46. The van der Waals surface area contributed by atoms with Crippen LogP contribution in [-0.2, 0) is 6.54 Å². The van der Waals surface area contributed by atoms with Crippen molar-refractivity contribution in [1.82, 2.24) is 10.1 Å². The summed E-state index contributed by atoms with van der Waals surface area (Å²) in [6, 6.07) is 14.4. The van der Waals surface area contributed by atoms with Crippen molar-refractivity contribution >= 4 is 5.69 Å². The molecule has 0 unspecified atom stereocenters. The van der Waals surface area contributed by atoms with Gasteiger partial charge in [-0.3, -0.25) is 0 Å². The number of rotatable bonds is 6. The third kappa shape index (κ3) is 3.60. The maximum Gasteiger partial charge on any atom is 0.246 e. The summed E-state index contributed by atoms with van der Waals surface area (Å²) >= 11 is 0. The van der Waals surface area contributed by atoms with Crippen molar-refractivity contribution in [3.05, 3.63) is 65.8 Å². The van der Waals surface area contributed by atoms with Crippen LogP contribution in [0, 0.1) is 12.7 Å². The highest BCUT2D eigenvalue weighted by Gasteiger charge is 2.14. The Morgan fingerprint density at radius 2 is 1.96 bits per heavy atom. The zero-order chi connectivity index (χ0) is 16.9. The van der Waals surface area contributed by atoms with E-state index in [1.807, 2.05) is 35.2 Å². The molecule has 24 heavy (non-hydrogen) atoms. The largest absolute Gasteiger partial charge is 0.395 e. The fraction of sp³-hybridized carbons (Fsp3) is 0.222. The number of halogens is 1. The first kappa shape index (κ1) is 16.1. The Balaban J connectivity index is 1.80. The number of aromatic nitrogens is 2. The quantitative estimate of drug-likeness (QED) is 0.753. The molecule has 0 aliphatic rings. The Morgan fingerprint density at radius 3 is 2.67 bits per heavy atom. The van der Waals surface area contributed by atoms with E-state index in [9.17, 15) is 9.50 Å². The molecule has 1 aromatic heterocycles. The van der Waals surface area contributed by atoms with Gasteiger partial charge in [0.1, 0.15) is 5.82 Å². The Labute approximate surface area is 139 Å². The smallest absolute Gasteiger partial charge is 0.246 e. The number of anilines is 1. The van der Waals surface area contributed by atoms with Gasteiger partial charge < -0.3 is 14.5 Å². The van der Waals surface area contributed by atoms with Crippen LogP contribution in [0.3, 0.4) is 0 Å². The fourth-order valence-electron chi connectivity index (χ4n) is 2.44. The lowest BCUT2D eigenvalue weighted by molar-refractivity contribution is 0.298. The van der Waals surface area contributed by atoms with Crippen LogP contribution < -0.4 is 4.90 Å². The van der Waals surface area contributed by atoms with E-state index >= 15 is 0 Å². The standard InChI is InChI=1S/C18H18FN3O2/c1-13-11-14(7-8-16(13)19)18-20-17(24-21-18)12-22(9-10-23)15-5-3-2-4-6-15/h2-8,11,23H,9-10,12H2,1H3. The molecule has 0 atom stereocenters. The molecule has 2 aromatic carbocycles. The molecule has 0 aliphatic carbocycles. The van der Waals surface area contributed by atoms with Gasteiger partial charge in [-0.05, 0) is 42.8 Å². The highest BCUT2D eigenvalue weighted by atomic mass is 19.1. The van der Waals surface area contributed by atoms with Gasteiger partial charge in [-0.2, -0.15) is 4.98 Å². The minimum Gasteiger partial charge on any atom is -0.395 e. The molecule has 0 fully saturated rings. The van der Waals surface area contributed by atoms with Crippen LogP contribution in [0.4, 0.5) is 10.1 Å². The summed E-state index contributed by atoms with van der Waals surface area (Å²) in [4.78, 5) is 6.33. The Kier molecular flexibility index (Phi) is 4.86. The normalized spacial score (nSPS) is 10.8. The topological polar surface area (TPSA) is 62.4 Å². The molecule has 124 valence electrons. The van der Waals surface area contributed by atoms with E-state index in [1.165, 1.54) is 6.07 Å². The zero-order valence-corrected chi connectivity index (χ0v) is 13.3. The van der Waals surface area contributed by atoms with Crippen molar-refractivity contribution in [3.8, 4) is 11.4 Å². The van der Waals surface area contributed by atoms with Gasteiger partial charge in [0, 0.05) is 17.8 Å². The molecule has 0 radical (unpaired) electrons. The van der Waals surface area contributed by atoms with Gasteiger partial charge in [0.05, 0.1) is 13.2 Å². The molecular formula is C18H18FN3O2. The molecule has 0 saturated carbocycles. The van der Waals surface area contributed by atoms with E-state index in [4.69, 9.17) is 4.52 Å². The van der Waals surface area contributed by atoms with Crippen molar-refractivity contribution < 1.29 is 14.0 Å². The number of benzene rings is 2. The van der Waals surface area contributed by atoms with E-state index in [2.05, 4.69) is 10.1 Å². The van der Waals surface area contributed by atoms with Crippen LogP contribution in [0.15, 0.2) is 53.1 Å². The van der Waals surface area contributed by atoms with Crippen LogP contribution in [0.2, 0.25) is 0 Å². The Hall–Kier alpha value is -2.73. The van der Waals surface area contributed by atoms with Gasteiger partial charge in [0.25, 0.3) is 0 Å². The summed E-state index contributed by atoms with van der Waals surface area (Å²) in [5.41, 5.74) is 2.20. The van der Waals surface area contributed by atoms with Gasteiger partial charge in [0.15, 0.2) is 0 Å². The molecule has 6 heteroatoms. The molecule has 1 heterocycles. The Bertz CT molecular complexity index is 805. The highest BCUT2D eigenvalue weighted by molar-refractivity contribution is 5.55. The number of nitrogens with zero attached hydrogens (tertiary/aromatic N) is 3. The van der Waals surface area contributed by atoms with Crippen molar-refractivity contribution in [3.63, 3.8) is 0 Å². The lowest BCUT2D eigenvalue weighted by Crippen LogP contribution is -2.26. The zero-order valence-electron chi connectivity index (χ0n) is 13.3. The number of aliphatic hydroxyl groups excluding tert-OH is 1. The van der Waals surface area contributed by atoms with Crippen LogP contribution in [0.25, 0.3) is 11.4 Å². The fourth-order valence-corrected chi connectivity index (χ4v) is 2.44. The first-order valence-corrected chi connectivity index (χ1v) is 7.67. The van der Waals surface area contributed by atoms with Crippen molar-refractivity contribution in [2.24, 2.45) is 0 Å². The number of para-hydroxylation sites is 1. The summed E-state index contributed by atoms with van der Waals surface area (Å²) in [6.45, 7) is 2.56. The average molecular weight is 327 g/mol. The van der Waals surface area contributed by atoms with Gasteiger partial charge in [-0.1, -0.05) is 23.4 Å². The van der Waals surface area contributed by atoms with Crippen LogP contribution in [0.5, 0.6) is 0 Å². The SMILES string of the molecule is Cc1cc(-c2noc(CN(CCO)c3ccccc3)n2)ccc1F. The van der Waals surface area contributed by atoms with Gasteiger partial charge in [-0.15, -0.1) is 0 Å². The van der Waals surface area contributed by atoms with E-state index in [0.29, 0.717) is 35.9 Å². The van der Waals surface area contributed by atoms with Crippen molar-refractivity contribution in [2.45, 2.75) is 13.5 Å². The van der Waals surface area contributed by atoms with Gasteiger partial charge in [0.2, 0.25) is 11.7 Å². The number of hydrogen-bond acceptors (Lipinski definition) is 5. The van der Waals surface area contributed by atoms with Gasteiger partial charge in [-0.25, -0.2) is 4.39 Å². The molecule has 0 saturated heterocycles. The minimum atomic E-state index is -0.263. The van der Waals surface area contributed by atoms with E-state index in [0.717, 1.165) is 5.69 Å². The van der Waals surface area contributed by atoms with E-state index in [1.54, 1.807) is 19.1 Å². The molecular weight excluding hydrogens is 309 g/mol. The molecule has 3 aromatic rings. The summed E-state index contributed by atoms with van der Waals surface area (Å²) in [5.74, 6) is 0.593. The van der Waals surface area contributed by atoms with E-state index in [-0.39, 0.29) is 12.4 Å². The summed E-state index contributed by atoms with van der Waals surface area (Å²) in [5, 5.41) is 13.2. The lowest BCUT2D eigenvalue weighted by Gasteiger charge is -2.21. The molecule has 0 spiro atoms. The van der Waals surface area contributed by atoms with E-state index < -0.39 is 0 Å². The number of aliphatic hydroxyl groups is 1. The maximum absolute atomic E-state index is 13.4. The lowest BCUT2D eigenvalue weighted by atomic mass is 10.1. The molecule has 3 rings (SSSR count). The van der Waals surface area contributed by atoms with Crippen molar-refractivity contribution in [2.75, 3.05) is 18.1 Å². The first-order chi connectivity index (χ1) is 11.7. The number of aryl methyl sites for hydroxylation is 1. The molecule has 0 amide bonds. The van der Waals surface area contributed by atoms with Crippen LogP contribution in [-0.4, -0.2) is 28.4 Å². The molecule has 0 aliphatic heterocycles. The molecule has 1 N–H and O–H groups in total. The summed E-state index contributed by atoms with van der Waals surface area (Å²) < 4.78 is 18.7. The monoisotopic (exact) mass is 327 g/mol. The predicted molar refractivity (Wildman–Crippen MR) is 89.0 cm³/mol. The van der Waals surface area contributed by atoms with Gasteiger partial charge >= 0.3 is 0 Å². The highest BCUT2D eigenvalue weighted by Crippen LogP contribution is 2.21. The Morgan fingerprint density at radius 1 is 1.17 bits per heavy atom. The van der Waals surface area contributed by atoms with Crippen LogP contribution >= 0.6 is 0 Å². The second kappa shape index (κ2) is 7.23. The molecule has 5 nitrogen and oxygen atoms in total. The first-order valence-electron chi connectivity index (χ1n) is 7.67. The maximum atomic E-state index is 13.4. The predicted octanol–water partition coefficient (Wildman–Crippen LogP) is 3.18. The second-order valence-electron chi connectivity index (χ2n) is 5.46. The summed E-state index contributed by atoms with van der Waals surface area (Å²) in [6.07, 6.45) is 0.